The van der Waals surface area contributed by atoms with E-state index in [2.05, 4.69) is 16.0 Å². The minimum absolute atomic E-state index is 0.00940. The summed E-state index contributed by atoms with van der Waals surface area (Å²) in [5, 5.41) is 8.11. The topological polar surface area (TPSA) is 86.6 Å². The molecule has 1 atom stereocenters. The molecule has 30 heavy (non-hydrogen) atoms. The van der Waals surface area contributed by atoms with Crippen molar-refractivity contribution in [3.05, 3.63) is 54.0 Å². The number of carbonyl (C=O) groups is 2. The van der Waals surface area contributed by atoms with Crippen LogP contribution in [0.1, 0.15) is 22.5 Å². The molecule has 0 saturated carbocycles. The Morgan fingerprint density at radius 3 is 2.57 bits per heavy atom. The molecular weight excluding hydrogens is 401 g/mol. The smallest absolute Gasteiger partial charge is 0.401 e. The Morgan fingerprint density at radius 2 is 1.90 bits per heavy atom. The summed E-state index contributed by atoms with van der Waals surface area (Å²) in [6.07, 6.45) is -2.15. The minimum Gasteiger partial charge on any atom is -0.459 e. The molecule has 0 radical (unpaired) electrons. The zero-order valence-corrected chi connectivity index (χ0v) is 16.2. The number of urea groups is 1. The molecule has 10 heteroatoms. The van der Waals surface area contributed by atoms with Crippen LogP contribution in [-0.2, 0) is 6.54 Å². The highest BCUT2D eigenvalue weighted by Crippen LogP contribution is 2.22. The molecule has 2 heterocycles. The first-order valence-electron chi connectivity index (χ1n) is 9.53. The summed E-state index contributed by atoms with van der Waals surface area (Å²) in [4.78, 5) is 25.2. The molecular formula is C20H23F3N4O3. The van der Waals surface area contributed by atoms with Crippen molar-refractivity contribution in [1.82, 2.24) is 15.5 Å². The van der Waals surface area contributed by atoms with Crippen LogP contribution < -0.4 is 16.0 Å². The Hall–Kier alpha value is -3.01. The normalized spacial score (nSPS) is 17.0. The second-order valence-corrected chi connectivity index (χ2v) is 7.20. The molecule has 2 aromatic rings. The second kappa shape index (κ2) is 9.66. The molecule has 162 valence electrons. The van der Waals surface area contributed by atoms with Gasteiger partial charge in [0.2, 0.25) is 0 Å². The molecule has 3 N–H and O–H groups in total. The predicted octanol–water partition coefficient (Wildman–Crippen LogP) is 3.22. The monoisotopic (exact) mass is 424 g/mol. The summed E-state index contributed by atoms with van der Waals surface area (Å²) in [5.74, 6) is -0.137. The minimum atomic E-state index is -4.20. The standard InChI is InChI=1S/C20H23F3N4O3/c21-20(22,23)13-27-8-7-15(12-27)11-25-19(29)24-10-14-3-5-16(6-4-14)26-18(28)17-2-1-9-30-17/h1-6,9,15H,7-8,10-13H2,(H,26,28)(H2,24,25,29). The molecule has 1 saturated heterocycles. The molecule has 1 unspecified atom stereocenters. The van der Waals surface area contributed by atoms with Crippen molar-refractivity contribution in [3.63, 3.8) is 0 Å². The highest BCUT2D eigenvalue weighted by atomic mass is 19.4. The highest BCUT2D eigenvalue weighted by Gasteiger charge is 2.34. The van der Waals surface area contributed by atoms with Crippen molar-refractivity contribution in [3.8, 4) is 0 Å². The van der Waals surface area contributed by atoms with E-state index in [0.717, 1.165) is 5.56 Å². The van der Waals surface area contributed by atoms with Crippen LogP contribution in [0, 0.1) is 5.92 Å². The zero-order chi connectivity index (χ0) is 21.6. The van der Waals surface area contributed by atoms with E-state index in [0.29, 0.717) is 31.7 Å². The van der Waals surface area contributed by atoms with Gasteiger partial charge in [0.05, 0.1) is 12.8 Å². The number of anilines is 1. The fourth-order valence-electron chi connectivity index (χ4n) is 3.26. The van der Waals surface area contributed by atoms with Crippen molar-refractivity contribution in [2.45, 2.75) is 19.1 Å². The molecule has 1 aliphatic rings. The van der Waals surface area contributed by atoms with E-state index in [1.807, 2.05) is 0 Å². The van der Waals surface area contributed by atoms with Gasteiger partial charge in [-0.15, -0.1) is 0 Å². The molecule has 3 amide bonds. The lowest BCUT2D eigenvalue weighted by molar-refractivity contribution is -0.143. The average Bonchev–Trinajstić information content (AvgIpc) is 3.36. The first-order chi connectivity index (χ1) is 14.3. The maximum Gasteiger partial charge on any atom is 0.401 e. The first-order valence-corrected chi connectivity index (χ1v) is 9.53. The summed E-state index contributed by atoms with van der Waals surface area (Å²) in [6.45, 7) is 0.413. The Labute approximate surface area is 171 Å². The van der Waals surface area contributed by atoms with Gasteiger partial charge in [-0.2, -0.15) is 13.2 Å². The zero-order valence-electron chi connectivity index (χ0n) is 16.2. The van der Waals surface area contributed by atoms with Crippen molar-refractivity contribution in [1.29, 1.82) is 0 Å². The third-order valence-corrected chi connectivity index (χ3v) is 4.73. The molecule has 1 aromatic carbocycles. The molecule has 3 rings (SSSR count). The van der Waals surface area contributed by atoms with Crippen LogP contribution >= 0.6 is 0 Å². The Kier molecular flexibility index (Phi) is 6.99. The SMILES string of the molecule is O=C(NCc1ccc(NC(=O)c2ccco2)cc1)NCC1CCN(CC(F)(F)F)C1. The van der Waals surface area contributed by atoms with Crippen molar-refractivity contribution in [2.75, 3.05) is 31.5 Å². The number of hydrogen-bond donors (Lipinski definition) is 3. The molecule has 1 aliphatic heterocycles. The van der Waals surface area contributed by atoms with E-state index in [-0.39, 0.29) is 30.2 Å². The lowest BCUT2D eigenvalue weighted by atomic mass is 10.1. The summed E-state index contributed by atoms with van der Waals surface area (Å²) >= 11 is 0. The molecule has 1 aromatic heterocycles. The van der Waals surface area contributed by atoms with Crippen LogP contribution in [-0.4, -0.2) is 49.2 Å². The van der Waals surface area contributed by atoms with Crippen LogP contribution in [0.4, 0.5) is 23.7 Å². The Bertz CT molecular complexity index is 838. The second-order valence-electron chi connectivity index (χ2n) is 7.20. The largest absolute Gasteiger partial charge is 0.459 e. The van der Waals surface area contributed by atoms with Gasteiger partial charge >= 0.3 is 12.2 Å². The van der Waals surface area contributed by atoms with Gasteiger partial charge < -0.3 is 20.4 Å². The van der Waals surface area contributed by atoms with Gasteiger partial charge in [0.1, 0.15) is 0 Å². The maximum atomic E-state index is 12.4. The highest BCUT2D eigenvalue weighted by molar-refractivity contribution is 6.02. The summed E-state index contributed by atoms with van der Waals surface area (Å²) < 4.78 is 42.3. The number of likely N-dealkylation sites (tertiary alicyclic amines) is 1. The molecule has 0 spiro atoms. The van der Waals surface area contributed by atoms with Crippen LogP contribution in [0.5, 0.6) is 0 Å². The molecule has 7 nitrogen and oxygen atoms in total. The predicted molar refractivity (Wildman–Crippen MR) is 104 cm³/mol. The van der Waals surface area contributed by atoms with Gasteiger partial charge in [-0.3, -0.25) is 9.69 Å². The van der Waals surface area contributed by atoms with Crippen LogP contribution in [0.15, 0.2) is 47.1 Å². The van der Waals surface area contributed by atoms with Crippen LogP contribution in [0.25, 0.3) is 0 Å². The fourth-order valence-corrected chi connectivity index (χ4v) is 3.26. The molecule has 0 aliphatic carbocycles. The van der Waals surface area contributed by atoms with Crippen LogP contribution in [0.3, 0.4) is 0 Å². The van der Waals surface area contributed by atoms with E-state index in [1.165, 1.54) is 11.2 Å². The van der Waals surface area contributed by atoms with Crippen LogP contribution in [0.2, 0.25) is 0 Å². The number of alkyl halides is 3. The van der Waals surface area contributed by atoms with Gasteiger partial charge in [-0.1, -0.05) is 12.1 Å². The number of amides is 3. The summed E-state index contributed by atoms with van der Waals surface area (Å²) in [6, 6.07) is 9.77. The average molecular weight is 424 g/mol. The van der Waals surface area contributed by atoms with Gasteiger partial charge in [0.25, 0.3) is 5.91 Å². The van der Waals surface area contributed by atoms with Gasteiger partial charge in [-0.05, 0) is 48.7 Å². The first kappa shape index (κ1) is 21.7. The molecule has 1 fully saturated rings. The van der Waals surface area contributed by atoms with Crippen molar-refractivity contribution >= 4 is 17.6 Å². The number of halogens is 3. The van der Waals surface area contributed by atoms with E-state index in [9.17, 15) is 22.8 Å². The lowest BCUT2D eigenvalue weighted by Crippen LogP contribution is -2.39. The fraction of sp³-hybridized carbons (Fsp3) is 0.400. The number of rotatable bonds is 7. The summed E-state index contributed by atoms with van der Waals surface area (Å²) in [7, 11) is 0. The lowest BCUT2D eigenvalue weighted by Gasteiger charge is -2.18. The van der Waals surface area contributed by atoms with E-state index in [1.54, 1.807) is 36.4 Å². The number of benzene rings is 1. The van der Waals surface area contributed by atoms with Gasteiger partial charge in [0, 0.05) is 25.3 Å². The third-order valence-electron chi connectivity index (χ3n) is 4.73. The van der Waals surface area contributed by atoms with E-state index < -0.39 is 12.7 Å². The van der Waals surface area contributed by atoms with E-state index >= 15 is 0 Å². The van der Waals surface area contributed by atoms with Gasteiger partial charge in [0.15, 0.2) is 5.76 Å². The van der Waals surface area contributed by atoms with Crippen molar-refractivity contribution < 1.29 is 27.2 Å². The number of nitrogens with zero attached hydrogens (tertiary/aromatic N) is 1. The number of nitrogens with one attached hydrogen (secondary N) is 3. The van der Waals surface area contributed by atoms with E-state index in [4.69, 9.17) is 4.42 Å². The summed E-state index contributed by atoms with van der Waals surface area (Å²) in [5.41, 5.74) is 1.42. The Morgan fingerprint density at radius 1 is 1.13 bits per heavy atom. The molecule has 0 bridgehead atoms. The maximum absolute atomic E-state index is 12.4. The third kappa shape index (κ3) is 6.80. The number of carbonyl (C=O) groups excluding carboxylic acids is 2. The number of furan rings is 1. The number of hydrogen-bond acceptors (Lipinski definition) is 4. The van der Waals surface area contributed by atoms with Crippen molar-refractivity contribution in [2.24, 2.45) is 5.92 Å². The quantitative estimate of drug-likeness (QED) is 0.637. The Balaban J connectivity index is 1.35. The van der Waals surface area contributed by atoms with Gasteiger partial charge in [-0.25, -0.2) is 4.79 Å².